The molecule has 0 fully saturated rings. The quantitative estimate of drug-likeness (QED) is 0.706. The fourth-order valence-corrected chi connectivity index (χ4v) is 2.58. The largest absolute Gasteiger partial charge is 0.378 e. The fourth-order valence-electron chi connectivity index (χ4n) is 2.58. The molecule has 2 aromatic heterocycles. The van der Waals surface area contributed by atoms with Crippen LogP contribution in [0.5, 0.6) is 0 Å². The van der Waals surface area contributed by atoms with Gasteiger partial charge in [-0.2, -0.15) is 0 Å². The van der Waals surface area contributed by atoms with E-state index in [2.05, 4.69) is 42.2 Å². The first-order valence-electron chi connectivity index (χ1n) is 8.58. The number of rotatable bonds is 7. The molecule has 1 N–H and O–H groups in total. The van der Waals surface area contributed by atoms with E-state index in [1.54, 1.807) is 6.33 Å². The van der Waals surface area contributed by atoms with Gasteiger partial charge < -0.3 is 15.1 Å². The molecule has 26 heavy (non-hydrogen) atoms. The van der Waals surface area contributed by atoms with Crippen LogP contribution in [0.4, 0.5) is 23.0 Å². The van der Waals surface area contributed by atoms with Crippen molar-refractivity contribution in [2.75, 3.05) is 42.8 Å². The number of anilines is 4. The van der Waals surface area contributed by atoms with Crippen molar-refractivity contribution >= 4 is 23.0 Å². The zero-order valence-corrected chi connectivity index (χ0v) is 15.4. The van der Waals surface area contributed by atoms with Crippen LogP contribution in [-0.4, -0.2) is 42.6 Å². The summed E-state index contributed by atoms with van der Waals surface area (Å²) in [6.07, 6.45) is 6.18. The van der Waals surface area contributed by atoms with Crippen molar-refractivity contribution in [3.63, 3.8) is 0 Å². The van der Waals surface area contributed by atoms with Gasteiger partial charge in [0.15, 0.2) is 0 Å². The Morgan fingerprint density at radius 2 is 1.65 bits per heavy atom. The zero-order valence-electron chi connectivity index (χ0n) is 15.4. The number of likely N-dealkylation sites (N-methyl/N-ethyl adjacent to an activating group) is 1. The second-order valence-corrected chi connectivity index (χ2v) is 6.35. The van der Waals surface area contributed by atoms with Crippen molar-refractivity contribution < 1.29 is 0 Å². The summed E-state index contributed by atoms with van der Waals surface area (Å²) < 4.78 is 0. The van der Waals surface area contributed by atoms with Gasteiger partial charge >= 0.3 is 0 Å². The minimum atomic E-state index is 0.781. The summed E-state index contributed by atoms with van der Waals surface area (Å²) in [6, 6.07) is 14.3. The van der Waals surface area contributed by atoms with Gasteiger partial charge in [-0.1, -0.05) is 0 Å². The lowest BCUT2D eigenvalue weighted by atomic mass is 10.2. The molecule has 6 nitrogen and oxygen atoms in total. The zero-order chi connectivity index (χ0) is 18.4. The molecule has 134 valence electrons. The molecule has 3 rings (SSSR count). The van der Waals surface area contributed by atoms with Crippen molar-refractivity contribution in [3.8, 4) is 0 Å². The third kappa shape index (κ3) is 4.69. The molecule has 0 saturated heterocycles. The van der Waals surface area contributed by atoms with Gasteiger partial charge in [-0.15, -0.1) is 0 Å². The predicted molar refractivity (Wildman–Crippen MR) is 107 cm³/mol. The van der Waals surface area contributed by atoms with Gasteiger partial charge in [0.25, 0.3) is 0 Å². The second kappa shape index (κ2) is 8.29. The van der Waals surface area contributed by atoms with E-state index in [1.807, 2.05) is 63.9 Å². The van der Waals surface area contributed by atoms with Gasteiger partial charge in [0.2, 0.25) is 0 Å². The Balaban J connectivity index is 1.63. The Hall–Kier alpha value is -3.15. The van der Waals surface area contributed by atoms with E-state index in [4.69, 9.17) is 0 Å². The number of aromatic nitrogens is 3. The summed E-state index contributed by atoms with van der Waals surface area (Å²) in [7, 11) is 6.10. The molecule has 0 saturated carbocycles. The van der Waals surface area contributed by atoms with Crippen LogP contribution in [-0.2, 0) is 6.42 Å². The first kappa shape index (κ1) is 17.7. The molecular weight excluding hydrogens is 324 g/mol. The molecule has 6 heteroatoms. The maximum Gasteiger partial charge on any atom is 0.135 e. The van der Waals surface area contributed by atoms with Crippen LogP contribution in [0, 0.1) is 0 Å². The molecule has 0 radical (unpaired) electrons. The molecule has 0 aliphatic carbocycles. The maximum absolute atomic E-state index is 4.39. The van der Waals surface area contributed by atoms with Gasteiger partial charge in [-0.25, -0.2) is 9.97 Å². The smallest absolute Gasteiger partial charge is 0.135 e. The highest BCUT2D eigenvalue weighted by atomic mass is 15.2. The third-order valence-electron chi connectivity index (χ3n) is 4.19. The highest BCUT2D eigenvalue weighted by Gasteiger charge is 2.06. The molecule has 0 aliphatic heterocycles. The van der Waals surface area contributed by atoms with Crippen molar-refractivity contribution in [1.82, 2.24) is 15.0 Å². The van der Waals surface area contributed by atoms with E-state index in [-0.39, 0.29) is 0 Å². The molecule has 1 aromatic carbocycles. The van der Waals surface area contributed by atoms with Crippen molar-refractivity contribution in [1.29, 1.82) is 0 Å². The Kier molecular flexibility index (Phi) is 5.63. The van der Waals surface area contributed by atoms with Crippen LogP contribution in [0.1, 0.15) is 5.56 Å². The highest BCUT2D eigenvalue weighted by molar-refractivity contribution is 5.62. The normalized spacial score (nSPS) is 10.4. The first-order valence-corrected chi connectivity index (χ1v) is 8.58. The lowest BCUT2D eigenvalue weighted by molar-refractivity contribution is 0.855. The van der Waals surface area contributed by atoms with Crippen LogP contribution in [0.25, 0.3) is 0 Å². The fraction of sp³-hybridized carbons (Fsp3) is 0.250. The van der Waals surface area contributed by atoms with Crippen LogP contribution in [0.15, 0.2) is 61.2 Å². The highest BCUT2D eigenvalue weighted by Crippen LogP contribution is 2.20. The van der Waals surface area contributed by atoms with Crippen LogP contribution in [0.2, 0.25) is 0 Å². The minimum Gasteiger partial charge on any atom is -0.378 e. The summed E-state index contributed by atoms with van der Waals surface area (Å²) in [5.74, 6) is 1.67. The average Bonchev–Trinajstić information content (AvgIpc) is 2.67. The molecule has 0 bridgehead atoms. The van der Waals surface area contributed by atoms with Crippen molar-refractivity contribution in [2.24, 2.45) is 0 Å². The second-order valence-electron chi connectivity index (χ2n) is 6.35. The third-order valence-corrected chi connectivity index (χ3v) is 4.19. The number of hydrogen-bond donors (Lipinski definition) is 1. The molecule has 0 amide bonds. The molecule has 0 spiro atoms. The molecule has 3 aromatic rings. The van der Waals surface area contributed by atoms with E-state index >= 15 is 0 Å². The van der Waals surface area contributed by atoms with Gasteiger partial charge in [-0.3, -0.25) is 4.98 Å². The summed E-state index contributed by atoms with van der Waals surface area (Å²) in [5, 5.41) is 3.33. The van der Waals surface area contributed by atoms with Crippen LogP contribution in [0.3, 0.4) is 0 Å². The van der Waals surface area contributed by atoms with Gasteiger partial charge in [0.05, 0.1) is 0 Å². The Morgan fingerprint density at radius 3 is 2.35 bits per heavy atom. The summed E-state index contributed by atoms with van der Waals surface area (Å²) in [5.41, 5.74) is 3.43. The standard InChI is InChI=1S/C20H24N6/c1-25(2)18-6-4-17(5-7-18)24-19-14-20(23-15-22-19)26(3)13-10-16-8-11-21-12-9-16/h4-9,11-12,14-15H,10,13H2,1-3H3,(H,22,23,24). The minimum absolute atomic E-state index is 0.781. The lowest BCUT2D eigenvalue weighted by Crippen LogP contribution is -2.21. The van der Waals surface area contributed by atoms with E-state index in [9.17, 15) is 0 Å². The van der Waals surface area contributed by atoms with E-state index < -0.39 is 0 Å². The number of pyridine rings is 1. The van der Waals surface area contributed by atoms with E-state index in [1.165, 1.54) is 5.56 Å². The van der Waals surface area contributed by atoms with E-state index in [0.29, 0.717) is 0 Å². The number of nitrogens with zero attached hydrogens (tertiary/aromatic N) is 5. The first-order chi connectivity index (χ1) is 12.6. The molecule has 0 unspecified atom stereocenters. The number of nitrogens with one attached hydrogen (secondary N) is 1. The van der Waals surface area contributed by atoms with Gasteiger partial charge in [0.1, 0.15) is 18.0 Å². The van der Waals surface area contributed by atoms with Crippen LogP contribution < -0.4 is 15.1 Å². The van der Waals surface area contributed by atoms with E-state index in [0.717, 1.165) is 36.0 Å². The number of benzene rings is 1. The summed E-state index contributed by atoms with van der Waals surface area (Å²) >= 11 is 0. The average molecular weight is 348 g/mol. The summed E-state index contributed by atoms with van der Waals surface area (Å²) in [4.78, 5) is 17.0. The molecule has 2 heterocycles. The van der Waals surface area contributed by atoms with Crippen molar-refractivity contribution in [2.45, 2.75) is 6.42 Å². The van der Waals surface area contributed by atoms with Gasteiger partial charge in [0, 0.05) is 57.5 Å². The van der Waals surface area contributed by atoms with Crippen molar-refractivity contribution in [3.05, 3.63) is 66.7 Å². The molecular formula is C20H24N6. The maximum atomic E-state index is 4.39. The Bertz CT molecular complexity index is 817. The SMILES string of the molecule is CN(C)c1ccc(Nc2cc(N(C)CCc3ccncc3)ncn2)cc1. The number of hydrogen-bond acceptors (Lipinski definition) is 6. The lowest BCUT2D eigenvalue weighted by Gasteiger charge is -2.18. The molecule has 0 atom stereocenters. The monoisotopic (exact) mass is 348 g/mol. The Morgan fingerprint density at radius 1 is 0.923 bits per heavy atom. The summed E-state index contributed by atoms with van der Waals surface area (Å²) in [6.45, 7) is 0.873. The van der Waals surface area contributed by atoms with Gasteiger partial charge in [-0.05, 0) is 48.4 Å². The van der Waals surface area contributed by atoms with Crippen LogP contribution >= 0.6 is 0 Å². The molecule has 0 aliphatic rings. The topological polar surface area (TPSA) is 57.2 Å². The Labute approximate surface area is 154 Å². The predicted octanol–water partition coefficient (Wildman–Crippen LogP) is 3.36.